The second-order valence-corrected chi connectivity index (χ2v) is 3.10. The van der Waals surface area contributed by atoms with Crippen LogP contribution in [-0.4, -0.2) is 29.8 Å². The average molecular weight is 225 g/mol. The average Bonchev–Trinajstić information content (AvgIpc) is 1.77. The summed E-state index contributed by atoms with van der Waals surface area (Å²) in [6, 6.07) is 0. The molecule has 0 heterocycles. The third-order valence-corrected chi connectivity index (χ3v) is 1.44. The van der Waals surface area contributed by atoms with Gasteiger partial charge in [0.15, 0.2) is 0 Å². The van der Waals surface area contributed by atoms with Gasteiger partial charge in [0.1, 0.15) is 0 Å². The quantitative estimate of drug-likeness (QED) is 0.313. The maximum atomic E-state index is 11.3. The first-order valence-corrected chi connectivity index (χ1v) is 3.88. The van der Waals surface area contributed by atoms with Gasteiger partial charge in [0, 0.05) is 0 Å². The molecule has 0 saturated carbocycles. The van der Waals surface area contributed by atoms with Crippen LogP contribution in [0.15, 0.2) is 0 Å². The highest BCUT2D eigenvalue weighted by molar-refractivity contribution is 7.86. The molecule has 1 unspecified atom stereocenters. The number of nitro groups is 1. The monoisotopic (exact) mass is 225 g/mol. The van der Waals surface area contributed by atoms with Crippen molar-refractivity contribution in [1.29, 1.82) is 0 Å². The van der Waals surface area contributed by atoms with Gasteiger partial charge in [0.05, 0.1) is 4.92 Å². The van der Waals surface area contributed by atoms with Crippen molar-refractivity contribution in [3.63, 3.8) is 0 Å². The molecule has 7 nitrogen and oxygen atoms in total. The Morgan fingerprint density at radius 3 is 1.92 bits per heavy atom. The Balaban J connectivity index is 4.78. The first-order valence-electron chi connectivity index (χ1n) is 2.38. The number of nitrogens with zero attached hydrogens (tertiary/aromatic N) is 1. The van der Waals surface area contributed by atoms with Crippen LogP contribution in [-0.2, 0) is 14.9 Å². The van der Waals surface area contributed by atoms with E-state index in [0.29, 0.717) is 0 Å². The summed E-state index contributed by atoms with van der Waals surface area (Å²) in [5, 5.41) is 9.67. The minimum absolute atomic E-state index is 1.93. The molecule has 0 bridgehead atoms. The van der Waals surface area contributed by atoms with E-state index in [0.717, 1.165) is 0 Å². The zero-order valence-electron chi connectivity index (χ0n) is 5.56. The predicted octanol–water partition coefficient (Wildman–Crippen LogP) is -0.0291. The number of hydrogen-bond acceptors (Lipinski definition) is 5. The van der Waals surface area contributed by atoms with E-state index in [1.165, 1.54) is 0 Å². The van der Waals surface area contributed by atoms with Gasteiger partial charge in [-0.2, -0.15) is 8.42 Å². The second-order valence-electron chi connectivity index (χ2n) is 1.67. The first kappa shape index (κ1) is 12.1. The van der Waals surface area contributed by atoms with Gasteiger partial charge >= 0.3 is 22.0 Å². The minimum Gasteiger partial charge on any atom is -0.278 e. The number of rotatable bonds is 3. The normalized spacial score (nSPS) is 15.4. The smallest absolute Gasteiger partial charge is 0.278 e. The second kappa shape index (κ2) is 3.43. The van der Waals surface area contributed by atoms with Gasteiger partial charge in [-0.15, -0.1) is 13.2 Å². The Bertz CT molecular complexity index is 293. The van der Waals surface area contributed by atoms with Crippen LogP contribution in [0, 0.1) is 10.1 Å². The van der Waals surface area contributed by atoms with Crippen molar-refractivity contribution in [3.05, 3.63) is 10.1 Å². The minimum atomic E-state index is -5.54. The number of alkyl halides is 3. The summed E-state index contributed by atoms with van der Waals surface area (Å²) in [5.41, 5.74) is -3.55. The lowest BCUT2D eigenvalue weighted by molar-refractivity contribution is -0.579. The number of hydrogen-bond donors (Lipinski definition) is 1. The molecule has 1 N–H and O–H groups in total. The van der Waals surface area contributed by atoms with E-state index in [2.05, 4.69) is 4.74 Å². The molecule has 11 heteroatoms. The molecule has 0 aliphatic heterocycles. The fourth-order valence-electron chi connectivity index (χ4n) is 0.327. The van der Waals surface area contributed by atoms with E-state index >= 15 is 0 Å². The van der Waals surface area contributed by atoms with Crippen molar-refractivity contribution in [1.82, 2.24) is 0 Å². The summed E-state index contributed by atoms with van der Waals surface area (Å²) < 4.78 is 64.2. The lowest BCUT2D eigenvalue weighted by Crippen LogP contribution is -2.36. The molecule has 0 spiro atoms. The summed E-state index contributed by atoms with van der Waals surface area (Å²) in [6.07, 6.45) is -5.52. The molecule has 0 fully saturated rings. The lowest BCUT2D eigenvalue weighted by Gasteiger charge is -2.09. The van der Waals surface area contributed by atoms with Gasteiger partial charge in [-0.05, 0) is 0 Å². The van der Waals surface area contributed by atoms with E-state index in [1.54, 1.807) is 0 Å². The Morgan fingerprint density at radius 2 is 1.85 bits per heavy atom. The van der Waals surface area contributed by atoms with E-state index in [1.807, 2.05) is 0 Å². The molecule has 0 aliphatic rings. The highest BCUT2D eigenvalue weighted by Crippen LogP contribution is 2.20. The predicted molar refractivity (Wildman–Crippen MR) is 29.5 cm³/mol. The fraction of sp³-hybridized carbons (Fsp3) is 1.00. The molecule has 0 amide bonds. The van der Waals surface area contributed by atoms with Crippen molar-refractivity contribution < 1.29 is 35.8 Å². The van der Waals surface area contributed by atoms with Crippen molar-refractivity contribution in [2.45, 2.75) is 11.9 Å². The van der Waals surface area contributed by atoms with E-state index in [4.69, 9.17) is 4.55 Å². The fourth-order valence-corrected chi connectivity index (χ4v) is 0.775. The SMILES string of the molecule is O=[N+]([O-])C(OC(F)(F)F)S(=O)(=O)O. The highest BCUT2D eigenvalue weighted by atomic mass is 32.2. The summed E-state index contributed by atoms with van der Waals surface area (Å²) in [7, 11) is -5.54. The van der Waals surface area contributed by atoms with Gasteiger partial charge < -0.3 is 0 Å². The maximum absolute atomic E-state index is 11.3. The maximum Gasteiger partial charge on any atom is 0.528 e. The number of ether oxygens (including phenoxy) is 1. The largest absolute Gasteiger partial charge is 0.528 e. The Hall–Kier alpha value is -0.940. The van der Waals surface area contributed by atoms with Crippen molar-refractivity contribution in [3.8, 4) is 0 Å². The van der Waals surface area contributed by atoms with Crippen LogP contribution in [0.25, 0.3) is 0 Å². The molecule has 0 aromatic carbocycles. The molecule has 0 saturated heterocycles. The van der Waals surface area contributed by atoms with Crippen LogP contribution in [0.4, 0.5) is 13.2 Å². The molecule has 0 radical (unpaired) electrons. The van der Waals surface area contributed by atoms with Gasteiger partial charge in [-0.1, -0.05) is 0 Å². The lowest BCUT2D eigenvalue weighted by atomic mass is 11.2. The standard InChI is InChI=1S/C2H2F3NO6S/c3-2(4,5)12-1(6(7)8)13(9,10)11/h1H,(H,9,10,11). The summed E-state index contributed by atoms with van der Waals surface area (Å²) in [6.45, 7) is 0. The van der Waals surface area contributed by atoms with E-state index < -0.39 is 27.0 Å². The third-order valence-electron chi connectivity index (χ3n) is 0.661. The van der Waals surface area contributed by atoms with Crippen LogP contribution in [0.5, 0.6) is 0 Å². The molecule has 13 heavy (non-hydrogen) atoms. The van der Waals surface area contributed by atoms with Gasteiger partial charge in [-0.3, -0.25) is 14.7 Å². The molecule has 1 atom stereocenters. The summed E-state index contributed by atoms with van der Waals surface area (Å²) >= 11 is 0. The van der Waals surface area contributed by atoms with Crippen molar-refractivity contribution >= 4 is 10.1 Å². The Labute approximate surface area is 69.0 Å². The molecule has 0 aromatic rings. The molecule has 0 aliphatic carbocycles. The van der Waals surface area contributed by atoms with Crippen molar-refractivity contribution in [2.75, 3.05) is 0 Å². The summed E-state index contributed by atoms with van der Waals surface area (Å²) in [4.78, 5) is 7.74. The molecular weight excluding hydrogens is 223 g/mol. The molecular formula is C2H2F3NO6S. The first-order chi connectivity index (χ1) is 5.54. The van der Waals surface area contributed by atoms with Crippen LogP contribution >= 0.6 is 0 Å². The topological polar surface area (TPSA) is 107 Å². The van der Waals surface area contributed by atoms with Gasteiger partial charge in [-0.25, -0.2) is 4.74 Å². The molecule has 0 rings (SSSR count). The van der Waals surface area contributed by atoms with Gasteiger partial charge in [0.25, 0.3) is 0 Å². The van der Waals surface area contributed by atoms with Crippen LogP contribution in [0.3, 0.4) is 0 Å². The van der Waals surface area contributed by atoms with E-state index in [-0.39, 0.29) is 0 Å². The zero-order chi connectivity index (χ0) is 10.9. The van der Waals surface area contributed by atoms with Crippen molar-refractivity contribution in [2.24, 2.45) is 0 Å². The van der Waals surface area contributed by atoms with Crippen LogP contribution in [0.2, 0.25) is 0 Å². The third kappa shape index (κ3) is 4.59. The van der Waals surface area contributed by atoms with Crippen LogP contribution in [0.1, 0.15) is 0 Å². The highest BCUT2D eigenvalue weighted by Gasteiger charge is 2.46. The van der Waals surface area contributed by atoms with Crippen LogP contribution < -0.4 is 0 Å². The summed E-state index contributed by atoms with van der Waals surface area (Å²) in [5.74, 6) is 0. The Kier molecular flexibility index (Phi) is 3.18. The van der Waals surface area contributed by atoms with E-state index in [9.17, 15) is 31.7 Å². The molecule has 0 aromatic heterocycles. The Morgan fingerprint density at radius 1 is 1.46 bits per heavy atom. The molecule has 78 valence electrons. The zero-order valence-corrected chi connectivity index (χ0v) is 6.37. The number of halogens is 3. The van der Waals surface area contributed by atoms with Gasteiger partial charge in [0.2, 0.25) is 0 Å².